The molecule has 41 heavy (non-hydrogen) atoms. The van der Waals surface area contributed by atoms with E-state index >= 15 is 0 Å². The molecule has 0 N–H and O–H groups in total. The van der Waals surface area contributed by atoms with Gasteiger partial charge in [-0.25, -0.2) is 9.78 Å². The van der Waals surface area contributed by atoms with Gasteiger partial charge in [-0.05, 0) is 75.9 Å². The van der Waals surface area contributed by atoms with Gasteiger partial charge >= 0.3 is 5.97 Å². The van der Waals surface area contributed by atoms with Crippen LogP contribution in [-0.4, -0.2) is 65.0 Å². The normalized spacial score (nSPS) is 12.0. The van der Waals surface area contributed by atoms with Crippen molar-refractivity contribution in [1.82, 2.24) is 19.4 Å². The van der Waals surface area contributed by atoms with Crippen LogP contribution in [0.25, 0.3) is 10.9 Å². The molecule has 10 heteroatoms. The number of rotatable bonds is 11. The fourth-order valence-corrected chi connectivity index (χ4v) is 5.19. The van der Waals surface area contributed by atoms with E-state index in [1.165, 1.54) is 9.47 Å². The van der Waals surface area contributed by atoms with Gasteiger partial charge in [0.25, 0.3) is 11.5 Å². The van der Waals surface area contributed by atoms with E-state index in [1.807, 2.05) is 55.4 Å². The molecular formula is C31H32BrClN4O4. The lowest BCUT2D eigenvalue weighted by Gasteiger charge is -2.32. The molecule has 4 rings (SSSR count). The molecule has 0 aliphatic carbocycles. The van der Waals surface area contributed by atoms with Crippen LogP contribution in [0.4, 0.5) is 0 Å². The minimum Gasteiger partial charge on any atom is -0.464 e. The maximum Gasteiger partial charge on any atom is 0.336 e. The highest BCUT2D eigenvalue weighted by atomic mass is 79.9. The number of carbonyl (C=O) groups is 2. The summed E-state index contributed by atoms with van der Waals surface area (Å²) >= 11 is 9.72. The Bertz CT molecular complexity index is 1590. The summed E-state index contributed by atoms with van der Waals surface area (Å²) in [5.74, 6) is -0.939. The third-order valence-corrected chi connectivity index (χ3v) is 7.26. The summed E-state index contributed by atoms with van der Waals surface area (Å²) in [5, 5.41) is 0.756. The minimum absolute atomic E-state index is 0.0915. The van der Waals surface area contributed by atoms with Gasteiger partial charge in [-0.2, -0.15) is 0 Å². The first-order chi connectivity index (χ1) is 19.7. The van der Waals surface area contributed by atoms with Gasteiger partial charge in [-0.1, -0.05) is 63.9 Å². The molecule has 0 aliphatic rings. The molecule has 1 atom stereocenters. The monoisotopic (exact) mass is 638 g/mol. The second-order valence-corrected chi connectivity index (χ2v) is 11.2. The number of carbonyl (C=O) groups excluding carboxylic acids is 2. The molecule has 214 valence electrons. The quantitative estimate of drug-likeness (QED) is 0.200. The Kier molecular flexibility index (Phi) is 10.3. The Morgan fingerprint density at radius 1 is 1.02 bits per heavy atom. The largest absolute Gasteiger partial charge is 0.464 e. The molecule has 0 saturated heterocycles. The lowest BCUT2D eigenvalue weighted by molar-refractivity contribution is -0.149. The van der Waals surface area contributed by atoms with Crippen LogP contribution in [0.15, 0.2) is 82.1 Å². The zero-order chi connectivity index (χ0) is 29.5. The highest BCUT2D eigenvalue weighted by Gasteiger charge is 2.37. The zero-order valence-corrected chi connectivity index (χ0v) is 25.6. The van der Waals surface area contributed by atoms with Crippen LogP contribution in [-0.2, 0) is 16.1 Å². The molecule has 0 saturated carbocycles. The van der Waals surface area contributed by atoms with E-state index in [-0.39, 0.29) is 37.0 Å². The number of amides is 1. The van der Waals surface area contributed by atoms with E-state index in [9.17, 15) is 14.4 Å². The number of aromatic nitrogens is 2. The summed E-state index contributed by atoms with van der Waals surface area (Å²) in [4.78, 5) is 50.2. The highest BCUT2D eigenvalue weighted by Crippen LogP contribution is 2.27. The van der Waals surface area contributed by atoms with Gasteiger partial charge in [-0.15, -0.1) is 0 Å². The van der Waals surface area contributed by atoms with Gasteiger partial charge in [0.15, 0.2) is 6.04 Å². The van der Waals surface area contributed by atoms with Crippen molar-refractivity contribution in [2.75, 3.05) is 33.8 Å². The standard InChI is InChI=1S/C31H32BrClN4O4/c1-4-41-31(40)27(36(17-9-16-35(2)3)29(38)22-12-8-13-23(32)18-22)28-34-26-19-24(33)14-15-25(26)30(39)37(28)20-21-10-6-5-7-11-21/h5-8,10-15,18-19,27H,4,9,16-17,20H2,1-3H3. The van der Waals surface area contributed by atoms with Gasteiger partial charge in [-0.3, -0.25) is 14.2 Å². The first-order valence-electron chi connectivity index (χ1n) is 13.3. The van der Waals surface area contributed by atoms with Crippen molar-refractivity contribution in [3.05, 3.63) is 110 Å². The summed E-state index contributed by atoms with van der Waals surface area (Å²) in [6, 6.07) is 20.0. The molecular weight excluding hydrogens is 608 g/mol. The van der Waals surface area contributed by atoms with E-state index in [0.29, 0.717) is 34.5 Å². The second-order valence-electron chi connectivity index (χ2n) is 9.83. The molecule has 0 radical (unpaired) electrons. The number of esters is 1. The van der Waals surface area contributed by atoms with E-state index < -0.39 is 12.0 Å². The van der Waals surface area contributed by atoms with Crippen molar-refractivity contribution in [3.8, 4) is 0 Å². The molecule has 0 aliphatic heterocycles. The lowest BCUT2D eigenvalue weighted by Crippen LogP contribution is -2.44. The Hall–Kier alpha value is -3.53. The molecule has 1 heterocycles. The fourth-order valence-electron chi connectivity index (χ4n) is 4.62. The SMILES string of the molecule is CCOC(=O)C(c1nc2cc(Cl)ccc2c(=O)n1Cc1ccccc1)N(CCCN(C)C)C(=O)c1cccc(Br)c1. The molecule has 0 bridgehead atoms. The van der Waals surface area contributed by atoms with Crippen molar-refractivity contribution < 1.29 is 14.3 Å². The third kappa shape index (κ3) is 7.41. The number of nitrogens with zero attached hydrogens (tertiary/aromatic N) is 4. The number of hydrogen-bond acceptors (Lipinski definition) is 6. The fraction of sp³-hybridized carbons (Fsp3) is 0.290. The zero-order valence-electron chi connectivity index (χ0n) is 23.2. The number of hydrogen-bond donors (Lipinski definition) is 0. The summed E-state index contributed by atoms with van der Waals surface area (Å²) < 4.78 is 7.71. The number of fused-ring (bicyclic) bond motifs is 1. The van der Waals surface area contributed by atoms with Crippen LogP contribution in [0.3, 0.4) is 0 Å². The molecule has 4 aromatic rings. The van der Waals surface area contributed by atoms with Crippen LogP contribution < -0.4 is 5.56 Å². The Labute approximate surface area is 252 Å². The van der Waals surface area contributed by atoms with Crippen LogP contribution in [0.2, 0.25) is 5.02 Å². The van der Waals surface area contributed by atoms with Crippen molar-refractivity contribution in [3.63, 3.8) is 0 Å². The molecule has 1 unspecified atom stereocenters. The topological polar surface area (TPSA) is 84.7 Å². The van der Waals surface area contributed by atoms with Crippen LogP contribution in [0.5, 0.6) is 0 Å². The number of benzene rings is 3. The number of ether oxygens (including phenoxy) is 1. The Balaban J connectivity index is 1.96. The summed E-state index contributed by atoms with van der Waals surface area (Å²) in [6.07, 6.45) is 0.574. The van der Waals surface area contributed by atoms with Crippen molar-refractivity contribution in [1.29, 1.82) is 0 Å². The van der Waals surface area contributed by atoms with Gasteiger partial charge in [0.2, 0.25) is 0 Å². The predicted molar refractivity (Wildman–Crippen MR) is 164 cm³/mol. The lowest BCUT2D eigenvalue weighted by atomic mass is 10.1. The number of halogens is 2. The minimum atomic E-state index is -1.29. The molecule has 1 amide bonds. The highest BCUT2D eigenvalue weighted by molar-refractivity contribution is 9.10. The van der Waals surface area contributed by atoms with Crippen molar-refractivity contribution >= 4 is 50.3 Å². The van der Waals surface area contributed by atoms with Gasteiger partial charge in [0.05, 0.1) is 24.1 Å². The van der Waals surface area contributed by atoms with E-state index in [1.54, 1.807) is 43.3 Å². The third-order valence-electron chi connectivity index (χ3n) is 6.53. The van der Waals surface area contributed by atoms with Crippen LogP contribution in [0, 0.1) is 0 Å². The first-order valence-corrected chi connectivity index (χ1v) is 14.5. The summed E-state index contributed by atoms with van der Waals surface area (Å²) in [6.45, 7) is 2.84. The maximum atomic E-state index is 14.1. The average molecular weight is 640 g/mol. The summed E-state index contributed by atoms with van der Waals surface area (Å²) in [5.41, 5.74) is 1.22. The first kappa shape index (κ1) is 30.4. The Morgan fingerprint density at radius 2 is 1.78 bits per heavy atom. The molecule has 3 aromatic carbocycles. The van der Waals surface area contributed by atoms with Crippen molar-refractivity contribution in [2.24, 2.45) is 0 Å². The second kappa shape index (κ2) is 13.9. The average Bonchev–Trinajstić information content (AvgIpc) is 2.94. The maximum absolute atomic E-state index is 14.1. The van der Waals surface area contributed by atoms with Crippen LogP contribution >= 0.6 is 27.5 Å². The predicted octanol–water partition coefficient (Wildman–Crippen LogP) is 5.56. The van der Waals surface area contributed by atoms with Gasteiger partial charge in [0, 0.05) is 21.6 Å². The van der Waals surface area contributed by atoms with Crippen LogP contribution in [0.1, 0.15) is 41.1 Å². The smallest absolute Gasteiger partial charge is 0.336 e. The molecule has 0 fully saturated rings. The Morgan fingerprint density at radius 3 is 2.46 bits per heavy atom. The summed E-state index contributed by atoms with van der Waals surface area (Å²) in [7, 11) is 3.88. The van der Waals surface area contributed by atoms with E-state index in [4.69, 9.17) is 21.3 Å². The van der Waals surface area contributed by atoms with Crippen molar-refractivity contribution in [2.45, 2.75) is 25.9 Å². The van der Waals surface area contributed by atoms with E-state index in [2.05, 4.69) is 15.9 Å². The molecule has 1 aromatic heterocycles. The molecule has 8 nitrogen and oxygen atoms in total. The molecule has 0 spiro atoms. The van der Waals surface area contributed by atoms with Gasteiger partial charge < -0.3 is 14.5 Å². The van der Waals surface area contributed by atoms with E-state index in [0.717, 1.165) is 10.0 Å². The van der Waals surface area contributed by atoms with Gasteiger partial charge in [0.1, 0.15) is 5.82 Å².